The Labute approximate surface area is 151 Å². The number of carbonyl (C=O) groups excluding carboxylic acids is 2. The summed E-state index contributed by atoms with van der Waals surface area (Å²) in [5, 5.41) is 0. The summed E-state index contributed by atoms with van der Waals surface area (Å²) in [5.41, 5.74) is 2.07. The number of ether oxygens (including phenoxy) is 2. The average Bonchev–Trinajstić information content (AvgIpc) is 2.64. The van der Waals surface area contributed by atoms with Gasteiger partial charge in [0.15, 0.2) is 0 Å². The van der Waals surface area contributed by atoms with Crippen molar-refractivity contribution >= 4 is 27.6 Å². The highest BCUT2D eigenvalue weighted by molar-refractivity contribution is 7.92. The van der Waals surface area contributed by atoms with Crippen LogP contribution >= 0.6 is 0 Å². The van der Waals surface area contributed by atoms with Gasteiger partial charge in [-0.3, -0.25) is 4.31 Å². The van der Waals surface area contributed by atoms with Gasteiger partial charge in [-0.1, -0.05) is 30.3 Å². The highest BCUT2D eigenvalue weighted by Gasteiger charge is 2.35. The summed E-state index contributed by atoms with van der Waals surface area (Å²) in [7, 11) is -1.36. The van der Waals surface area contributed by atoms with Gasteiger partial charge in [-0.25, -0.2) is 18.0 Å². The van der Waals surface area contributed by atoms with Crippen LogP contribution in [-0.4, -0.2) is 40.8 Å². The third-order valence-corrected chi connectivity index (χ3v) is 5.36. The molecule has 1 heterocycles. The van der Waals surface area contributed by atoms with Crippen molar-refractivity contribution in [2.45, 2.75) is 6.54 Å². The van der Waals surface area contributed by atoms with Crippen LogP contribution in [0.1, 0.15) is 26.3 Å². The van der Waals surface area contributed by atoms with E-state index in [9.17, 15) is 18.0 Å². The standard InChI is InChI=1S/C18H17NO6S/c1-24-17(20)14-9-8-13-12-7-5-4-6-11(12)10-19(26(3,22)23)16(13)15(14)18(21)25-2/h4-9H,10H2,1-3H3. The van der Waals surface area contributed by atoms with E-state index in [0.29, 0.717) is 5.56 Å². The van der Waals surface area contributed by atoms with Gasteiger partial charge in [-0.15, -0.1) is 0 Å². The Hall–Kier alpha value is -2.87. The molecule has 0 aliphatic carbocycles. The zero-order chi connectivity index (χ0) is 19.1. The summed E-state index contributed by atoms with van der Waals surface area (Å²) in [4.78, 5) is 24.6. The summed E-state index contributed by atoms with van der Waals surface area (Å²) >= 11 is 0. The maximum atomic E-state index is 12.5. The van der Waals surface area contributed by atoms with Crippen LogP contribution in [0, 0.1) is 0 Å². The van der Waals surface area contributed by atoms with Crippen molar-refractivity contribution in [1.29, 1.82) is 0 Å². The van der Waals surface area contributed by atoms with E-state index in [4.69, 9.17) is 9.47 Å². The number of carbonyl (C=O) groups is 2. The predicted molar refractivity (Wildman–Crippen MR) is 95.6 cm³/mol. The van der Waals surface area contributed by atoms with Gasteiger partial charge < -0.3 is 9.47 Å². The van der Waals surface area contributed by atoms with E-state index in [1.807, 2.05) is 24.3 Å². The lowest BCUT2D eigenvalue weighted by Crippen LogP contribution is -2.34. The van der Waals surface area contributed by atoms with Crippen LogP contribution < -0.4 is 4.31 Å². The molecular weight excluding hydrogens is 358 g/mol. The molecule has 0 amide bonds. The maximum absolute atomic E-state index is 12.5. The van der Waals surface area contributed by atoms with Crippen molar-refractivity contribution in [3.63, 3.8) is 0 Å². The Morgan fingerprint density at radius 2 is 1.62 bits per heavy atom. The molecule has 8 heteroatoms. The second-order valence-electron chi connectivity index (χ2n) is 5.79. The van der Waals surface area contributed by atoms with Gasteiger partial charge in [0.25, 0.3) is 0 Å². The molecule has 136 valence electrons. The molecule has 0 bridgehead atoms. The van der Waals surface area contributed by atoms with Crippen molar-refractivity contribution in [2.75, 3.05) is 24.8 Å². The van der Waals surface area contributed by atoms with Crippen LogP contribution in [0.3, 0.4) is 0 Å². The zero-order valence-electron chi connectivity index (χ0n) is 14.5. The molecule has 0 spiro atoms. The highest BCUT2D eigenvalue weighted by Crippen LogP contribution is 2.43. The first kappa shape index (κ1) is 17.9. The Bertz CT molecular complexity index is 1010. The molecule has 2 aromatic carbocycles. The monoisotopic (exact) mass is 375 g/mol. The van der Waals surface area contributed by atoms with Crippen molar-refractivity contribution in [2.24, 2.45) is 0 Å². The molecule has 0 unspecified atom stereocenters. The number of esters is 2. The van der Waals surface area contributed by atoms with Gasteiger partial charge in [0.05, 0.1) is 43.8 Å². The van der Waals surface area contributed by atoms with Gasteiger partial charge in [0.2, 0.25) is 10.0 Å². The molecule has 7 nitrogen and oxygen atoms in total. The highest BCUT2D eigenvalue weighted by atomic mass is 32.2. The minimum absolute atomic E-state index is 0.0499. The summed E-state index contributed by atoms with van der Waals surface area (Å²) in [6.07, 6.45) is 1.05. The molecule has 0 aromatic heterocycles. The number of methoxy groups -OCH3 is 2. The Kier molecular flexibility index (Phi) is 4.45. The van der Waals surface area contributed by atoms with Crippen LogP contribution in [0.4, 0.5) is 5.69 Å². The second-order valence-corrected chi connectivity index (χ2v) is 7.70. The van der Waals surface area contributed by atoms with Crippen LogP contribution in [0.15, 0.2) is 36.4 Å². The fraction of sp³-hybridized carbons (Fsp3) is 0.222. The van der Waals surface area contributed by atoms with Gasteiger partial charge >= 0.3 is 11.9 Å². The molecule has 0 saturated carbocycles. The molecule has 1 aliphatic heterocycles. The van der Waals surface area contributed by atoms with Crippen LogP contribution in [-0.2, 0) is 26.0 Å². The zero-order valence-corrected chi connectivity index (χ0v) is 15.3. The Morgan fingerprint density at radius 3 is 2.23 bits per heavy atom. The third kappa shape index (κ3) is 2.82. The Balaban J connectivity index is 2.44. The van der Waals surface area contributed by atoms with E-state index >= 15 is 0 Å². The average molecular weight is 375 g/mol. The summed E-state index contributed by atoms with van der Waals surface area (Å²) in [5.74, 6) is -1.56. The summed E-state index contributed by atoms with van der Waals surface area (Å²) in [6, 6.07) is 10.4. The first-order valence-corrected chi connectivity index (χ1v) is 9.54. The quantitative estimate of drug-likeness (QED) is 0.764. The number of hydrogen-bond donors (Lipinski definition) is 0. The van der Waals surface area contributed by atoms with Crippen LogP contribution in [0.5, 0.6) is 0 Å². The van der Waals surface area contributed by atoms with Crippen molar-refractivity contribution in [1.82, 2.24) is 0 Å². The number of benzene rings is 2. The number of hydrogen-bond acceptors (Lipinski definition) is 6. The number of nitrogens with zero attached hydrogens (tertiary/aromatic N) is 1. The van der Waals surface area contributed by atoms with E-state index in [0.717, 1.165) is 21.7 Å². The lowest BCUT2D eigenvalue weighted by Gasteiger charge is -2.32. The molecule has 26 heavy (non-hydrogen) atoms. The van der Waals surface area contributed by atoms with E-state index in [-0.39, 0.29) is 23.4 Å². The molecule has 0 fully saturated rings. The lowest BCUT2D eigenvalue weighted by atomic mass is 9.90. The molecular formula is C18H17NO6S. The fourth-order valence-corrected chi connectivity index (χ4v) is 3.99. The normalized spacial score (nSPS) is 12.8. The van der Waals surface area contributed by atoms with Crippen molar-refractivity contribution in [3.05, 3.63) is 53.1 Å². The Morgan fingerprint density at radius 1 is 0.962 bits per heavy atom. The number of fused-ring (bicyclic) bond motifs is 3. The molecule has 0 radical (unpaired) electrons. The fourth-order valence-electron chi connectivity index (χ4n) is 3.09. The lowest BCUT2D eigenvalue weighted by molar-refractivity contribution is 0.0556. The van der Waals surface area contributed by atoms with E-state index in [1.54, 1.807) is 6.07 Å². The maximum Gasteiger partial charge on any atom is 0.340 e. The first-order chi connectivity index (χ1) is 12.3. The van der Waals surface area contributed by atoms with Crippen LogP contribution in [0.25, 0.3) is 11.1 Å². The first-order valence-electron chi connectivity index (χ1n) is 7.69. The van der Waals surface area contributed by atoms with E-state index in [2.05, 4.69) is 0 Å². The number of sulfonamides is 1. The van der Waals surface area contributed by atoms with Crippen molar-refractivity contribution < 1.29 is 27.5 Å². The molecule has 0 N–H and O–H groups in total. The second kappa shape index (κ2) is 6.45. The minimum atomic E-state index is -3.72. The van der Waals surface area contributed by atoms with E-state index < -0.39 is 22.0 Å². The van der Waals surface area contributed by atoms with Gasteiger partial charge in [-0.2, -0.15) is 0 Å². The summed E-state index contributed by atoms with van der Waals surface area (Å²) < 4.78 is 35.5. The van der Waals surface area contributed by atoms with Gasteiger partial charge in [-0.05, 0) is 17.2 Å². The largest absolute Gasteiger partial charge is 0.465 e. The molecule has 1 aliphatic rings. The molecule has 2 aromatic rings. The number of rotatable bonds is 3. The predicted octanol–water partition coefficient (Wildman–Crippen LogP) is 2.21. The van der Waals surface area contributed by atoms with Gasteiger partial charge in [0, 0.05) is 5.56 Å². The molecule has 0 saturated heterocycles. The third-order valence-electron chi connectivity index (χ3n) is 4.24. The SMILES string of the molecule is COC(=O)c1ccc2c(c1C(=O)OC)N(S(C)(=O)=O)Cc1ccccc1-2. The van der Waals surface area contributed by atoms with E-state index in [1.165, 1.54) is 20.3 Å². The number of anilines is 1. The van der Waals surface area contributed by atoms with Gasteiger partial charge in [0.1, 0.15) is 0 Å². The van der Waals surface area contributed by atoms with Crippen LogP contribution in [0.2, 0.25) is 0 Å². The topological polar surface area (TPSA) is 90.0 Å². The molecule has 3 rings (SSSR count). The molecule has 0 atom stereocenters. The van der Waals surface area contributed by atoms with Crippen molar-refractivity contribution in [3.8, 4) is 11.1 Å². The summed E-state index contributed by atoms with van der Waals surface area (Å²) in [6.45, 7) is 0.0522. The smallest absolute Gasteiger partial charge is 0.340 e. The minimum Gasteiger partial charge on any atom is -0.465 e.